The van der Waals surface area contributed by atoms with Gasteiger partial charge in [0, 0.05) is 11.3 Å². The van der Waals surface area contributed by atoms with Crippen LogP contribution in [0, 0.1) is 0 Å². The molecule has 1 amide bonds. The first kappa shape index (κ1) is 19.8. The Kier molecular flexibility index (Phi) is 5.31. The number of thiocarbonyl (C=S) groups is 1. The quantitative estimate of drug-likeness (QED) is 0.401. The van der Waals surface area contributed by atoms with E-state index >= 15 is 0 Å². The fourth-order valence-electron chi connectivity index (χ4n) is 3.45. The van der Waals surface area contributed by atoms with Gasteiger partial charge in [0.25, 0.3) is 11.8 Å². The van der Waals surface area contributed by atoms with Crippen molar-refractivity contribution in [2.45, 2.75) is 6.42 Å². The van der Waals surface area contributed by atoms with Crippen LogP contribution in [0.15, 0.2) is 99.6 Å². The van der Waals surface area contributed by atoms with Crippen LogP contribution < -0.4 is 5.32 Å². The lowest BCUT2D eigenvalue weighted by Gasteiger charge is -2.16. The van der Waals surface area contributed by atoms with Gasteiger partial charge >= 0.3 is 6.01 Å². The molecule has 0 bridgehead atoms. The highest BCUT2D eigenvalue weighted by atomic mass is 32.1. The first-order chi connectivity index (χ1) is 15.7. The Morgan fingerprint density at radius 2 is 1.62 bits per heavy atom. The van der Waals surface area contributed by atoms with Crippen molar-refractivity contribution in [1.82, 2.24) is 10.2 Å². The lowest BCUT2D eigenvalue weighted by Crippen LogP contribution is -2.21. The molecule has 0 saturated carbocycles. The third-order valence-electron chi connectivity index (χ3n) is 5.09. The molecule has 1 N–H and O–H groups in total. The van der Waals surface area contributed by atoms with Gasteiger partial charge in [-0.2, -0.15) is 0 Å². The predicted molar refractivity (Wildman–Crippen MR) is 126 cm³/mol. The van der Waals surface area contributed by atoms with Crippen LogP contribution in [0.4, 0.5) is 6.01 Å². The predicted octanol–water partition coefficient (Wildman–Crippen LogP) is 5.72. The van der Waals surface area contributed by atoms with E-state index in [2.05, 4.69) is 51.9 Å². The lowest BCUT2D eigenvalue weighted by atomic mass is 9.91. The summed E-state index contributed by atoms with van der Waals surface area (Å²) < 4.78 is 10.6. The van der Waals surface area contributed by atoms with E-state index in [1.54, 1.807) is 18.2 Å². The van der Waals surface area contributed by atoms with Gasteiger partial charge in [-0.15, -0.1) is 5.10 Å². The number of aromatic nitrogens is 2. The van der Waals surface area contributed by atoms with Crippen LogP contribution in [0.1, 0.15) is 12.0 Å². The van der Waals surface area contributed by atoms with Crippen molar-refractivity contribution in [3.05, 3.63) is 96.3 Å². The summed E-state index contributed by atoms with van der Waals surface area (Å²) in [6.45, 7) is 0. The van der Waals surface area contributed by atoms with E-state index in [1.807, 2.05) is 24.3 Å². The smallest absolute Gasteiger partial charge is 0.322 e. The summed E-state index contributed by atoms with van der Waals surface area (Å²) in [5, 5.41) is 10.3. The SMILES string of the molecule is O=C(Nc1nnc(-c2ccco2)o1)C1=CC=C(c2ccc(-c3ccccc3)cc2)CC1=S. The molecule has 2 aromatic carbocycles. The van der Waals surface area contributed by atoms with Crippen LogP contribution in [-0.4, -0.2) is 21.0 Å². The Morgan fingerprint density at radius 1 is 0.875 bits per heavy atom. The number of allylic oxidation sites excluding steroid dienone is 3. The highest BCUT2D eigenvalue weighted by Crippen LogP contribution is 2.28. The van der Waals surface area contributed by atoms with E-state index in [4.69, 9.17) is 21.1 Å². The van der Waals surface area contributed by atoms with E-state index in [0.29, 0.717) is 22.6 Å². The largest absolute Gasteiger partial charge is 0.459 e. The van der Waals surface area contributed by atoms with Gasteiger partial charge < -0.3 is 8.83 Å². The highest BCUT2D eigenvalue weighted by molar-refractivity contribution is 7.81. The molecule has 4 aromatic rings. The number of benzene rings is 2. The molecule has 1 aliphatic carbocycles. The maximum atomic E-state index is 12.7. The summed E-state index contributed by atoms with van der Waals surface area (Å²) in [6, 6.07) is 21.9. The number of hydrogen-bond donors (Lipinski definition) is 1. The maximum absolute atomic E-state index is 12.7. The van der Waals surface area contributed by atoms with Crippen molar-refractivity contribution < 1.29 is 13.6 Å². The molecule has 5 rings (SSSR count). The van der Waals surface area contributed by atoms with Crippen molar-refractivity contribution in [3.8, 4) is 22.8 Å². The fraction of sp³-hybridized carbons (Fsp3) is 0.0400. The summed E-state index contributed by atoms with van der Waals surface area (Å²) in [5.41, 5.74) is 4.86. The number of rotatable bonds is 5. The van der Waals surface area contributed by atoms with Gasteiger partial charge in [-0.1, -0.05) is 78.0 Å². The molecule has 32 heavy (non-hydrogen) atoms. The number of anilines is 1. The molecule has 156 valence electrons. The van der Waals surface area contributed by atoms with E-state index in [9.17, 15) is 4.79 Å². The molecule has 2 aromatic heterocycles. The monoisotopic (exact) mass is 439 g/mol. The van der Waals surface area contributed by atoms with Crippen molar-refractivity contribution >= 4 is 34.6 Å². The van der Waals surface area contributed by atoms with Crippen LogP contribution >= 0.6 is 12.2 Å². The molecule has 0 fully saturated rings. The minimum Gasteiger partial charge on any atom is -0.459 e. The Labute approximate surface area is 189 Å². The van der Waals surface area contributed by atoms with Crippen LogP contribution in [-0.2, 0) is 4.79 Å². The zero-order chi connectivity index (χ0) is 21.9. The number of furan rings is 1. The Morgan fingerprint density at radius 3 is 2.34 bits per heavy atom. The van der Waals surface area contributed by atoms with E-state index in [1.165, 1.54) is 11.8 Å². The number of carbonyl (C=O) groups excluding carboxylic acids is 1. The summed E-state index contributed by atoms with van der Waals surface area (Å²) >= 11 is 5.52. The van der Waals surface area contributed by atoms with Crippen molar-refractivity contribution in [1.29, 1.82) is 0 Å². The second-order valence-electron chi connectivity index (χ2n) is 7.16. The molecule has 0 aliphatic heterocycles. The fourth-order valence-corrected chi connectivity index (χ4v) is 3.77. The first-order valence-corrected chi connectivity index (χ1v) is 10.4. The minimum absolute atomic E-state index is 0.0172. The summed E-state index contributed by atoms with van der Waals surface area (Å²) in [5.74, 6) is 0.224. The molecular weight excluding hydrogens is 422 g/mol. The Bertz CT molecular complexity index is 1330. The molecule has 7 heteroatoms. The molecular formula is C25H17N3O3S. The normalized spacial score (nSPS) is 13.4. The standard InChI is InChI=1S/C25H17N3O3S/c29-23(26-25-28-27-24(31-25)21-7-4-14-30-21)20-13-12-19(15-22(20)32)18-10-8-17(9-11-18)16-5-2-1-3-6-16/h1-14H,15H2,(H,26,28,29). The zero-order valence-electron chi connectivity index (χ0n) is 16.8. The third kappa shape index (κ3) is 4.06. The molecule has 0 saturated heterocycles. The molecule has 0 atom stereocenters. The zero-order valence-corrected chi connectivity index (χ0v) is 17.6. The molecule has 1 aliphatic rings. The summed E-state index contributed by atoms with van der Waals surface area (Å²) in [4.78, 5) is 13.2. The first-order valence-electron chi connectivity index (χ1n) is 9.96. The van der Waals surface area contributed by atoms with E-state index in [0.717, 1.165) is 16.7 Å². The van der Waals surface area contributed by atoms with E-state index in [-0.39, 0.29) is 17.8 Å². The number of nitrogens with one attached hydrogen (secondary N) is 1. The van der Waals surface area contributed by atoms with Gasteiger partial charge in [-0.25, -0.2) is 0 Å². The van der Waals surface area contributed by atoms with Crippen LogP contribution in [0.3, 0.4) is 0 Å². The Balaban J connectivity index is 1.30. The van der Waals surface area contributed by atoms with Crippen LogP contribution in [0.25, 0.3) is 28.4 Å². The number of hydrogen-bond acceptors (Lipinski definition) is 6. The Hall–Kier alpha value is -4.10. The third-order valence-corrected chi connectivity index (χ3v) is 5.45. The van der Waals surface area contributed by atoms with Gasteiger partial charge in [0.15, 0.2) is 5.76 Å². The van der Waals surface area contributed by atoms with Gasteiger partial charge in [0.2, 0.25) is 0 Å². The maximum Gasteiger partial charge on any atom is 0.322 e. The van der Waals surface area contributed by atoms with E-state index < -0.39 is 0 Å². The summed E-state index contributed by atoms with van der Waals surface area (Å²) in [7, 11) is 0. The van der Waals surface area contributed by atoms with Gasteiger partial charge in [-0.05, 0) is 40.5 Å². The number of carbonyl (C=O) groups is 1. The van der Waals surface area contributed by atoms with Crippen LogP contribution in [0.2, 0.25) is 0 Å². The molecule has 2 heterocycles. The van der Waals surface area contributed by atoms with Gasteiger partial charge in [-0.3, -0.25) is 10.1 Å². The van der Waals surface area contributed by atoms with Crippen LogP contribution in [0.5, 0.6) is 0 Å². The number of nitrogens with zero attached hydrogens (tertiary/aromatic N) is 2. The second-order valence-corrected chi connectivity index (χ2v) is 7.65. The van der Waals surface area contributed by atoms with Crippen molar-refractivity contribution in [2.75, 3.05) is 5.32 Å². The topological polar surface area (TPSA) is 81.2 Å². The average molecular weight is 439 g/mol. The molecule has 6 nitrogen and oxygen atoms in total. The minimum atomic E-state index is -0.389. The molecule has 0 unspecified atom stereocenters. The second kappa shape index (κ2) is 8.56. The molecule has 0 radical (unpaired) electrons. The molecule has 0 spiro atoms. The average Bonchev–Trinajstić information content (AvgIpc) is 3.52. The lowest BCUT2D eigenvalue weighted by molar-refractivity contribution is -0.112. The van der Waals surface area contributed by atoms with Gasteiger partial charge in [0.1, 0.15) is 0 Å². The highest BCUT2D eigenvalue weighted by Gasteiger charge is 2.22. The number of amides is 1. The summed E-state index contributed by atoms with van der Waals surface area (Å²) in [6.07, 6.45) is 5.65. The van der Waals surface area contributed by atoms with Crippen molar-refractivity contribution in [2.24, 2.45) is 0 Å². The van der Waals surface area contributed by atoms with Gasteiger partial charge in [0.05, 0.1) is 11.8 Å². The van der Waals surface area contributed by atoms with Crippen molar-refractivity contribution in [3.63, 3.8) is 0 Å².